The number of imide groups is 1. The van der Waals surface area contributed by atoms with Crippen molar-refractivity contribution in [2.24, 2.45) is 17.8 Å². The van der Waals surface area contributed by atoms with E-state index in [-0.39, 0.29) is 29.6 Å². The lowest BCUT2D eigenvalue weighted by molar-refractivity contribution is -0.143. The van der Waals surface area contributed by atoms with Gasteiger partial charge in [0.15, 0.2) is 0 Å². The second-order valence-corrected chi connectivity index (χ2v) is 4.41. The molecule has 0 bridgehead atoms. The average molecular weight is 190 g/mol. The number of carbonyl (C=O) groups excluding carboxylic acids is 2. The van der Waals surface area contributed by atoms with Gasteiger partial charge in [0.2, 0.25) is 11.8 Å². The molecule has 2 aliphatic carbocycles. The Morgan fingerprint density at radius 3 is 2.29 bits per heavy atom. The van der Waals surface area contributed by atoms with E-state index in [1.54, 1.807) is 0 Å². The third-order valence-electron chi connectivity index (χ3n) is 3.38. The van der Waals surface area contributed by atoms with Crippen molar-refractivity contribution in [3.63, 3.8) is 0 Å². The predicted molar refractivity (Wildman–Crippen MR) is 45.6 cm³/mol. The number of hydrogen-bond acceptors (Lipinski definition) is 3. The Morgan fingerprint density at radius 1 is 1.29 bits per heavy atom. The zero-order valence-electron chi connectivity index (χ0n) is 7.64. The Bertz CT molecular complexity index is 347. The van der Waals surface area contributed by atoms with Gasteiger partial charge in [-0.05, 0) is 25.2 Å². The van der Waals surface area contributed by atoms with Crippen LogP contribution in [-0.2, 0) is 9.59 Å². The fraction of sp³-hybridized carbons (Fsp3) is 0.700. The number of piperidine rings is 1. The van der Waals surface area contributed by atoms with E-state index in [9.17, 15) is 9.59 Å². The van der Waals surface area contributed by atoms with Crippen molar-refractivity contribution >= 4 is 11.8 Å². The molecular weight excluding hydrogens is 180 g/mol. The summed E-state index contributed by atoms with van der Waals surface area (Å²) < 4.78 is 0. The minimum absolute atomic E-state index is 0.0721. The maximum atomic E-state index is 11.6. The van der Waals surface area contributed by atoms with Crippen molar-refractivity contribution in [3.05, 3.63) is 0 Å². The van der Waals surface area contributed by atoms with E-state index >= 15 is 0 Å². The first kappa shape index (κ1) is 7.98. The monoisotopic (exact) mass is 190 g/mol. The van der Waals surface area contributed by atoms with Gasteiger partial charge in [0.25, 0.3) is 0 Å². The van der Waals surface area contributed by atoms with Crippen molar-refractivity contribution in [2.75, 3.05) is 0 Å². The molecule has 3 rings (SSSR count). The molecule has 3 aliphatic rings. The van der Waals surface area contributed by atoms with Gasteiger partial charge >= 0.3 is 0 Å². The van der Waals surface area contributed by atoms with Crippen LogP contribution in [0, 0.1) is 29.1 Å². The van der Waals surface area contributed by atoms with Crippen LogP contribution in [0.25, 0.3) is 0 Å². The fourth-order valence-electron chi connectivity index (χ4n) is 2.27. The van der Waals surface area contributed by atoms with Crippen molar-refractivity contribution < 1.29 is 9.59 Å². The number of hydrogen-bond donors (Lipinski definition) is 0. The van der Waals surface area contributed by atoms with Gasteiger partial charge in [0.05, 0.1) is 17.9 Å². The van der Waals surface area contributed by atoms with E-state index in [0.29, 0.717) is 0 Å². The van der Waals surface area contributed by atoms with Gasteiger partial charge in [-0.1, -0.05) is 0 Å². The lowest BCUT2D eigenvalue weighted by atomic mass is 10.1. The summed E-state index contributed by atoms with van der Waals surface area (Å²) in [6.45, 7) is 0. The standard InChI is InChI=1S/C10H10N2O2/c11-4-8(5-1-2-5)12-9(13)6-3-7(6)10(12)14/h5-8H,1-3H2. The van der Waals surface area contributed by atoms with Crippen LogP contribution in [0.3, 0.4) is 0 Å². The number of amides is 2. The third-order valence-corrected chi connectivity index (χ3v) is 3.38. The zero-order chi connectivity index (χ0) is 9.87. The Balaban J connectivity index is 1.87. The number of nitrogens with zero attached hydrogens (tertiary/aromatic N) is 2. The van der Waals surface area contributed by atoms with Gasteiger partial charge < -0.3 is 0 Å². The third kappa shape index (κ3) is 0.872. The first-order valence-electron chi connectivity index (χ1n) is 5.00. The maximum Gasteiger partial charge on any atom is 0.234 e. The predicted octanol–water partition coefficient (Wildman–Crippen LogP) is 0.293. The second kappa shape index (κ2) is 2.35. The molecule has 1 heterocycles. The highest BCUT2D eigenvalue weighted by Gasteiger charge is 2.61. The molecule has 3 atom stereocenters. The van der Waals surface area contributed by atoms with Crippen LogP contribution in [0.4, 0.5) is 0 Å². The minimum atomic E-state index is -0.470. The Morgan fingerprint density at radius 2 is 1.86 bits per heavy atom. The van der Waals surface area contributed by atoms with Crippen molar-refractivity contribution in [2.45, 2.75) is 25.3 Å². The summed E-state index contributed by atoms with van der Waals surface area (Å²) in [4.78, 5) is 24.5. The van der Waals surface area contributed by atoms with Crippen LogP contribution in [0.2, 0.25) is 0 Å². The largest absolute Gasteiger partial charge is 0.274 e. The molecular formula is C10H10N2O2. The first-order valence-corrected chi connectivity index (χ1v) is 5.00. The maximum absolute atomic E-state index is 11.6. The summed E-state index contributed by atoms with van der Waals surface area (Å²) in [5.74, 6) is -0.0866. The molecule has 0 spiro atoms. The van der Waals surface area contributed by atoms with Crippen molar-refractivity contribution in [1.82, 2.24) is 4.90 Å². The molecule has 0 N–H and O–H groups in total. The molecule has 0 aromatic heterocycles. The Kier molecular flexibility index (Phi) is 1.34. The van der Waals surface area contributed by atoms with Gasteiger partial charge in [-0.15, -0.1) is 0 Å². The summed E-state index contributed by atoms with van der Waals surface area (Å²) >= 11 is 0. The molecule has 14 heavy (non-hydrogen) atoms. The summed E-state index contributed by atoms with van der Waals surface area (Å²) in [6, 6.07) is 1.62. The van der Waals surface area contributed by atoms with Gasteiger partial charge in [-0.2, -0.15) is 5.26 Å². The number of fused-ring (bicyclic) bond motifs is 1. The smallest absolute Gasteiger partial charge is 0.234 e. The zero-order valence-corrected chi connectivity index (χ0v) is 7.64. The van der Waals surface area contributed by atoms with Crippen LogP contribution in [0.1, 0.15) is 19.3 Å². The van der Waals surface area contributed by atoms with Crippen LogP contribution in [0.5, 0.6) is 0 Å². The van der Waals surface area contributed by atoms with Gasteiger partial charge in [0, 0.05) is 0 Å². The molecule has 2 saturated carbocycles. The van der Waals surface area contributed by atoms with Crippen LogP contribution in [0.15, 0.2) is 0 Å². The number of likely N-dealkylation sites (tertiary alicyclic amines) is 1. The highest BCUT2D eigenvalue weighted by molar-refractivity contribution is 6.09. The minimum Gasteiger partial charge on any atom is -0.274 e. The number of rotatable bonds is 2. The molecule has 0 aromatic carbocycles. The van der Waals surface area contributed by atoms with E-state index in [0.717, 1.165) is 19.3 Å². The van der Waals surface area contributed by atoms with E-state index in [1.165, 1.54) is 4.90 Å². The van der Waals surface area contributed by atoms with Crippen LogP contribution < -0.4 is 0 Å². The molecule has 0 aromatic rings. The first-order chi connectivity index (χ1) is 6.74. The molecule has 0 radical (unpaired) electrons. The molecule has 3 fully saturated rings. The fourth-order valence-corrected chi connectivity index (χ4v) is 2.27. The second-order valence-electron chi connectivity index (χ2n) is 4.41. The normalized spacial score (nSPS) is 36.6. The SMILES string of the molecule is N#CC(C1CC1)N1C(=O)C2CC2C1=O. The molecule has 1 saturated heterocycles. The molecule has 3 unspecified atom stereocenters. The molecule has 4 heteroatoms. The average Bonchev–Trinajstić information content (AvgIpc) is 3.01. The van der Waals surface area contributed by atoms with Crippen molar-refractivity contribution in [1.29, 1.82) is 5.26 Å². The lowest BCUT2D eigenvalue weighted by Crippen LogP contribution is -2.42. The lowest BCUT2D eigenvalue weighted by Gasteiger charge is -2.21. The van der Waals surface area contributed by atoms with Gasteiger partial charge in [-0.25, -0.2) is 0 Å². The Hall–Kier alpha value is -1.37. The quantitative estimate of drug-likeness (QED) is 0.588. The summed E-state index contributed by atoms with van der Waals surface area (Å²) in [6.07, 6.45) is 2.67. The van der Waals surface area contributed by atoms with Crippen molar-refractivity contribution in [3.8, 4) is 6.07 Å². The van der Waals surface area contributed by atoms with E-state index < -0.39 is 6.04 Å². The number of carbonyl (C=O) groups is 2. The Labute approximate surface area is 81.5 Å². The van der Waals surface area contributed by atoms with Gasteiger partial charge in [0.1, 0.15) is 6.04 Å². The summed E-state index contributed by atoms with van der Waals surface area (Å²) in [7, 11) is 0. The molecule has 1 aliphatic heterocycles. The van der Waals surface area contributed by atoms with Crippen LogP contribution >= 0.6 is 0 Å². The number of nitriles is 1. The van der Waals surface area contributed by atoms with Gasteiger partial charge in [-0.3, -0.25) is 14.5 Å². The van der Waals surface area contributed by atoms with Crippen LogP contribution in [-0.4, -0.2) is 22.8 Å². The van der Waals surface area contributed by atoms with E-state index in [2.05, 4.69) is 6.07 Å². The van der Waals surface area contributed by atoms with E-state index in [1.807, 2.05) is 0 Å². The molecule has 4 nitrogen and oxygen atoms in total. The highest BCUT2D eigenvalue weighted by Crippen LogP contribution is 2.49. The highest BCUT2D eigenvalue weighted by atomic mass is 16.2. The molecule has 72 valence electrons. The van der Waals surface area contributed by atoms with E-state index in [4.69, 9.17) is 5.26 Å². The summed E-state index contributed by atoms with van der Waals surface area (Å²) in [5, 5.41) is 8.94. The topological polar surface area (TPSA) is 61.2 Å². The summed E-state index contributed by atoms with van der Waals surface area (Å²) in [5.41, 5.74) is 0. The molecule has 2 amide bonds.